The summed E-state index contributed by atoms with van der Waals surface area (Å²) < 4.78 is 6.34. The van der Waals surface area contributed by atoms with Gasteiger partial charge in [-0.3, -0.25) is 9.78 Å². The van der Waals surface area contributed by atoms with E-state index in [2.05, 4.69) is 9.88 Å². The summed E-state index contributed by atoms with van der Waals surface area (Å²) in [5.74, 6) is 0.773. The van der Waals surface area contributed by atoms with Crippen LogP contribution in [0.25, 0.3) is 10.2 Å². The normalized spacial score (nSPS) is 15.0. The average molecular weight is 403 g/mol. The number of methoxy groups -OCH3 is 1. The van der Waals surface area contributed by atoms with Crippen molar-refractivity contribution in [1.29, 1.82) is 0 Å². The molecule has 3 heterocycles. The molecule has 1 amide bonds. The van der Waals surface area contributed by atoms with Crippen molar-refractivity contribution in [2.45, 2.75) is 6.42 Å². The number of pyridine rings is 1. The minimum atomic E-state index is 0.0493. The first-order valence-corrected chi connectivity index (χ1v) is 9.94. The van der Waals surface area contributed by atoms with Crippen LogP contribution in [-0.2, 0) is 0 Å². The van der Waals surface area contributed by atoms with E-state index in [1.807, 2.05) is 17.0 Å². The van der Waals surface area contributed by atoms with Crippen molar-refractivity contribution in [1.82, 2.24) is 14.9 Å². The molecule has 1 saturated heterocycles. The predicted octanol–water partition coefficient (Wildman–Crippen LogP) is 3.71. The van der Waals surface area contributed by atoms with E-state index in [4.69, 9.17) is 21.3 Å². The number of carbonyl (C=O) groups excluding carboxylic acids is 1. The number of hydrogen-bond donors (Lipinski definition) is 0. The second-order valence-electron chi connectivity index (χ2n) is 6.29. The molecule has 0 radical (unpaired) electrons. The van der Waals surface area contributed by atoms with Gasteiger partial charge in [-0.15, -0.1) is 0 Å². The van der Waals surface area contributed by atoms with Crippen molar-refractivity contribution in [3.05, 3.63) is 47.2 Å². The van der Waals surface area contributed by atoms with Crippen molar-refractivity contribution in [2.75, 3.05) is 38.2 Å². The average Bonchev–Trinajstić information content (AvgIpc) is 3.01. The van der Waals surface area contributed by atoms with E-state index < -0.39 is 0 Å². The maximum atomic E-state index is 12.7. The fourth-order valence-electron chi connectivity index (χ4n) is 3.23. The number of anilines is 1. The van der Waals surface area contributed by atoms with Crippen LogP contribution in [0.2, 0.25) is 5.02 Å². The highest BCUT2D eigenvalue weighted by Crippen LogP contribution is 2.38. The Labute approximate surface area is 166 Å². The number of ether oxygens (including phenoxy) is 1. The molecule has 0 saturated carbocycles. The Morgan fingerprint density at radius 3 is 2.74 bits per heavy atom. The molecule has 2 aromatic heterocycles. The zero-order chi connectivity index (χ0) is 18.8. The van der Waals surface area contributed by atoms with Crippen LogP contribution in [0.4, 0.5) is 5.13 Å². The van der Waals surface area contributed by atoms with Gasteiger partial charge in [0.25, 0.3) is 5.91 Å². The number of aromatic nitrogens is 2. The Balaban J connectivity index is 1.54. The molecule has 140 valence electrons. The number of nitrogens with zero attached hydrogens (tertiary/aromatic N) is 4. The molecule has 0 aliphatic carbocycles. The highest BCUT2D eigenvalue weighted by molar-refractivity contribution is 7.22. The summed E-state index contributed by atoms with van der Waals surface area (Å²) in [6.07, 6.45) is 4.18. The Bertz CT molecular complexity index is 963. The van der Waals surface area contributed by atoms with Crippen LogP contribution >= 0.6 is 22.9 Å². The molecule has 1 aliphatic rings. The van der Waals surface area contributed by atoms with Gasteiger partial charge in [-0.1, -0.05) is 22.9 Å². The zero-order valence-corrected chi connectivity index (χ0v) is 16.5. The molecule has 0 unspecified atom stereocenters. The summed E-state index contributed by atoms with van der Waals surface area (Å²) in [6.45, 7) is 2.96. The third-order valence-electron chi connectivity index (χ3n) is 4.65. The topological polar surface area (TPSA) is 58.6 Å². The lowest BCUT2D eigenvalue weighted by molar-refractivity contribution is 0.0767. The molecular weight excluding hydrogens is 384 g/mol. The van der Waals surface area contributed by atoms with E-state index in [0.717, 1.165) is 47.2 Å². The van der Waals surface area contributed by atoms with Gasteiger partial charge in [-0.2, -0.15) is 0 Å². The third kappa shape index (κ3) is 3.57. The highest BCUT2D eigenvalue weighted by Gasteiger charge is 2.23. The van der Waals surface area contributed by atoms with Gasteiger partial charge in [0.2, 0.25) is 0 Å². The summed E-state index contributed by atoms with van der Waals surface area (Å²) >= 11 is 7.91. The first-order chi connectivity index (χ1) is 13.2. The summed E-state index contributed by atoms with van der Waals surface area (Å²) in [4.78, 5) is 25.6. The molecule has 0 bridgehead atoms. The first kappa shape index (κ1) is 18.0. The van der Waals surface area contributed by atoms with Gasteiger partial charge in [0.15, 0.2) is 5.13 Å². The fraction of sp³-hybridized carbons (Fsp3) is 0.316. The fourth-order valence-corrected chi connectivity index (χ4v) is 4.54. The Morgan fingerprint density at radius 1 is 1.15 bits per heavy atom. The molecular formula is C19H19ClN4O2S. The number of thiazole rings is 1. The Hall–Kier alpha value is -2.38. The zero-order valence-electron chi connectivity index (χ0n) is 14.9. The standard InChI is InChI=1S/C19H19ClN4O2S/c1-26-15-4-3-14(20)17-16(15)22-19(27-17)24-10-2-9-23(11-12-24)18(25)13-5-7-21-8-6-13/h3-8H,2,9-12H2,1H3. The second kappa shape index (κ2) is 7.70. The maximum absolute atomic E-state index is 12.7. The molecule has 1 aromatic carbocycles. The molecule has 4 rings (SSSR count). The van der Waals surface area contributed by atoms with Crippen molar-refractivity contribution < 1.29 is 9.53 Å². The smallest absolute Gasteiger partial charge is 0.254 e. The van der Waals surface area contributed by atoms with E-state index in [9.17, 15) is 4.79 Å². The number of amides is 1. The number of fused-ring (bicyclic) bond motifs is 1. The number of halogens is 1. The molecule has 6 nitrogen and oxygen atoms in total. The number of rotatable bonds is 3. The molecule has 0 spiro atoms. The van der Waals surface area contributed by atoms with Crippen LogP contribution in [0, 0.1) is 0 Å². The van der Waals surface area contributed by atoms with Gasteiger partial charge >= 0.3 is 0 Å². The summed E-state index contributed by atoms with van der Waals surface area (Å²) in [5.41, 5.74) is 1.47. The van der Waals surface area contributed by atoms with E-state index >= 15 is 0 Å². The third-order valence-corrected chi connectivity index (χ3v) is 6.22. The molecule has 27 heavy (non-hydrogen) atoms. The van der Waals surface area contributed by atoms with Crippen LogP contribution in [-0.4, -0.2) is 54.1 Å². The van der Waals surface area contributed by atoms with Gasteiger partial charge in [0, 0.05) is 44.1 Å². The van der Waals surface area contributed by atoms with Crippen molar-refractivity contribution in [2.24, 2.45) is 0 Å². The van der Waals surface area contributed by atoms with Crippen molar-refractivity contribution in [3.8, 4) is 5.75 Å². The Kier molecular flexibility index (Phi) is 5.13. The summed E-state index contributed by atoms with van der Waals surface area (Å²) in [7, 11) is 1.64. The minimum absolute atomic E-state index is 0.0493. The monoisotopic (exact) mass is 402 g/mol. The van der Waals surface area contributed by atoms with Gasteiger partial charge in [-0.25, -0.2) is 4.98 Å². The second-order valence-corrected chi connectivity index (χ2v) is 7.68. The van der Waals surface area contributed by atoms with Crippen LogP contribution in [0.3, 0.4) is 0 Å². The number of carbonyl (C=O) groups is 1. The highest BCUT2D eigenvalue weighted by atomic mass is 35.5. The van der Waals surface area contributed by atoms with Crippen molar-refractivity contribution in [3.63, 3.8) is 0 Å². The van der Waals surface area contributed by atoms with Crippen LogP contribution < -0.4 is 9.64 Å². The van der Waals surface area contributed by atoms with E-state index in [1.54, 1.807) is 43.0 Å². The largest absolute Gasteiger partial charge is 0.494 e. The molecule has 1 aliphatic heterocycles. The van der Waals surface area contributed by atoms with Crippen LogP contribution in [0.5, 0.6) is 5.75 Å². The van der Waals surface area contributed by atoms with Gasteiger partial charge in [0.05, 0.1) is 16.8 Å². The molecule has 1 fully saturated rings. The van der Waals surface area contributed by atoms with E-state index in [1.165, 1.54) is 0 Å². The van der Waals surface area contributed by atoms with Gasteiger partial charge in [0.1, 0.15) is 11.3 Å². The first-order valence-electron chi connectivity index (χ1n) is 8.74. The maximum Gasteiger partial charge on any atom is 0.254 e. The Morgan fingerprint density at radius 2 is 1.96 bits per heavy atom. The van der Waals surface area contributed by atoms with Crippen molar-refractivity contribution >= 4 is 44.2 Å². The molecule has 3 aromatic rings. The van der Waals surface area contributed by atoms with Gasteiger partial charge < -0.3 is 14.5 Å². The SMILES string of the molecule is COc1ccc(Cl)c2sc(N3CCCN(C(=O)c4ccncc4)CC3)nc12. The predicted molar refractivity (Wildman–Crippen MR) is 108 cm³/mol. The molecule has 8 heteroatoms. The van der Waals surface area contributed by atoms with Crippen LogP contribution in [0.1, 0.15) is 16.8 Å². The summed E-state index contributed by atoms with van der Waals surface area (Å²) in [5, 5.41) is 1.59. The quantitative estimate of drug-likeness (QED) is 0.668. The van der Waals surface area contributed by atoms with Gasteiger partial charge in [-0.05, 0) is 30.7 Å². The van der Waals surface area contributed by atoms with E-state index in [-0.39, 0.29) is 5.91 Å². The number of hydrogen-bond acceptors (Lipinski definition) is 6. The molecule has 0 atom stereocenters. The minimum Gasteiger partial charge on any atom is -0.494 e. The lowest BCUT2D eigenvalue weighted by Gasteiger charge is -2.21. The lowest BCUT2D eigenvalue weighted by atomic mass is 10.2. The lowest BCUT2D eigenvalue weighted by Crippen LogP contribution is -2.35. The molecule has 0 N–H and O–H groups in total. The number of benzene rings is 1. The summed E-state index contributed by atoms with van der Waals surface area (Å²) in [6, 6.07) is 7.19. The van der Waals surface area contributed by atoms with E-state index in [0.29, 0.717) is 17.1 Å². The van der Waals surface area contributed by atoms with Crippen LogP contribution in [0.15, 0.2) is 36.7 Å².